The summed E-state index contributed by atoms with van der Waals surface area (Å²) in [5.74, 6) is 0. The molecule has 26 heavy (non-hydrogen) atoms. The van der Waals surface area contributed by atoms with Gasteiger partial charge in [0.05, 0.1) is 17.8 Å². The zero-order valence-corrected chi connectivity index (χ0v) is 14.0. The Morgan fingerprint density at radius 2 is 1.65 bits per heavy atom. The second-order valence-electron chi connectivity index (χ2n) is 5.57. The van der Waals surface area contributed by atoms with E-state index in [4.69, 9.17) is 11.6 Å². The smallest absolute Gasteiger partial charge is 0.296 e. The quantitative estimate of drug-likeness (QED) is 0.695. The van der Waals surface area contributed by atoms with Crippen LogP contribution in [0.15, 0.2) is 70.4 Å². The number of nitrogens with zero attached hydrogens (tertiary/aromatic N) is 2. The lowest BCUT2D eigenvalue weighted by atomic mass is 10.2. The van der Waals surface area contributed by atoms with Gasteiger partial charge in [-0.15, -0.1) is 0 Å². The predicted molar refractivity (Wildman–Crippen MR) is 91.9 cm³/mol. The lowest BCUT2D eigenvalue weighted by molar-refractivity contribution is -0.137. The van der Waals surface area contributed by atoms with E-state index in [9.17, 15) is 22.8 Å². The Kier molecular flexibility index (Phi) is 4.73. The monoisotopic (exact) mass is 380 g/mol. The molecule has 0 N–H and O–H groups in total. The second kappa shape index (κ2) is 6.84. The minimum Gasteiger partial charge on any atom is -0.296 e. The van der Waals surface area contributed by atoms with Gasteiger partial charge in [0.1, 0.15) is 0 Å². The van der Waals surface area contributed by atoms with E-state index in [1.54, 1.807) is 24.3 Å². The number of halogens is 4. The van der Waals surface area contributed by atoms with Crippen LogP contribution in [0.2, 0.25) is 5.02 Å². The highest BCUT2D eigenvalue weighted by atomic mass is 35.5. The molecule has 0 aliphatic heterocycles. The topological polar surface area (TPSA) is 44.0 Å². The van der Waals surface area contributed by atoms with Crippen molar-refractivity contribution in [2.24, 2.45) is 0 Å². The minimum atomic E-state index is -4.57. The van der Waals surface area contributed by atoms with Crippen molar-refractivity contribution in [3.05, 3.63) is 97.8 Å². The maximum absolute atomic E-state index is 12.9. The van der Waals surface area contributed by atoms with E-state index in [0.717, 1.165) is 29.8 Å². The van der Waals surface area contributed by atoms with Gasteiger partial charge < -0.3 is 0 Å². The summed E-state index contributed by atoms with van der Waals surface area (Å²) in [5, 5.41) is 0.537. The first kappa shape index (κ1) is 18.0. The van der Waals surface area contributed by atoms with E-state index >= 15 is 0 Å². The molecule has 0 atom stereocenters. The molecule has 0 saturated carbocycles. The molecule has 0 bridgehead atoms. The first-order valence-corrected chi connectivity index (χ1v) is 7.88. The van der Waals surface area contributed by atoms with Gasteiger partial charge in [-0.25, -0.2) is 9.36 Å². The highest BCUT2D eigenvalue weighted by Gasteiger charge is 2.30. The van der Waals surface area contributed by atoms with Crippen LogP contribution in [0.1, 0.15) is 11.1 Å². The van der Waals surface area contributed by atoms with Crippen molar-refractivity contribution >= 4 is 11.6 Å². The third kappa shape index (κ3) is 3.72. The van der Waals surface area contributed by atoms with Crippen LogP contribution in [0.25, 0.3) is 5.69 Å². The number of hydrogen-bond donors (Lipinski definition) is 0. The Bertz CT molecular complexity index is 1050. The molecule has 0 aliphatic rings. The molecule has 0 aliphatic carbocycles. The first-order chi connectivity index (χ1) is 12.3. The van der Waals surface area contributed by atoms with Gasteiger partial charge in [-0.1, -0.05) is 29.8 Å². The number of hydrogen-bond acceptors (Lipinski definition) is 2. The fourth-order valence-electron chi connectivity index (χ4n) is 2.48. The molecule has 0 radical (unpaired) electrons. The SMILES string of the molecule is O=c1ccn(Cc2ccc(Cl)cc2)c(=O)n1-c1cccc(C(F)(F)F)c1. The number of rotatable bonds is 3. The van der Waals surface area contributed by atoms with E-state index in [1.165, 1.54) is 16.8 Å². The molecule has 1 heterocycles. The van der Waals surface area contributed by atoms with Gasteiger partial charge in [0.25, 0.3) is 5.56 Å². The fourth-order valence-corrected chi connectivity index (χ4v) is 2.61. The largest absolute Gasteiger partial charge is 0.416 e. The van der Waals surface area contributed by atoms with Gasteiger partial charge in [0.2, 0.25) is 0 Å². The Morgan fingerprint density at radius 1 is 0.962 bits per heavy atom. The van der Waals surface area contributed by atoms with E-state index in [0.29, 0.717) is 9.59 Å². The standard InChI is InChI=1S/C18H12ClF3N2O2/c19-14-6-4-12(5-7-14)11-23-9-8-16(25)24(17(23)26)15-3-1-2-13(10-15)18(20,21)22/h1-10H,11H2. The average Bonchev–Trinajstić information content (AvgIpc) is 2.59. The summed E-state index contributed by atoms with van der Waals surface area (Å²) in [6, 6.07) is 12.0. The molecule has 0 amide bonds. The van der Waals surface area contributed by atoms with Crippen LogP contribution in [-0.4, -0.2) is 9.13 Å². The van der Waals surface area contributed by atoms with E-state index < -0.39 is 23.0 Å². The van der Waals surface area contributed by atoms with Gasteiger partial charge >= 0.3 is 11.9 Å². The molecule has 3 rings (SSSR count). The molecule has 1 aromatic heterocycles. The molecule has 3 aromatic rings. The summed E-state index contributed by atoms with van der Waals surface area (Å²) in [4.78, 5) is 24.7. The molecule has 0 saturated heterocycles. The third-order valence-electron chi connectivity index (χ3n) is 3.75. The molecule has 4 nitrogen and oxygen atoms in total. The molecule has 0 unspecified atom stereocenters. The number of aromatic nitrogens is 2. The fraction of sp³-hybridized carbons (Fsp3) is 0.111. The van der Waals surface area contributed by atoms with Crippen molar-refractivity contribution in [1.82, 2.24) is 9.13 Å². The minimum absolute atomic E-state index is 0.139. The second-order valence-corrected chi connectivity index (χ2v) is 6.01. The summed E-state index contributed by atoms with van der Waals surface area (Å²) in [7, 11) is 0. The van der Waals surface area contributed by atoms with Crippen molar-refractivity contribution in [3.63, 3.8) is 0 Å². The Labute approximate surface area is 150 Å². The van der Waals surface area contributed by atoms with Crippen LogP contribution < -0.4 is 11.2 Å². The number of benzene rings is 2. The van der Waals surface area contributed by atoms with Crippen molar-refractivity contribution in [3.8, 4) is 5.69 Å². The zero-order chi connectivity index (χ0) is 18.9. The molecule has 134 valence electrons. The van der Waals surface area contributed by atoms with E-state index in [1.807, 2.05) is 0 Å². The lowest BCUT2D eigenvalue weighted by Gasteiger charge is -2.12. The summed E-state index contributed by atoms with van der Waals surface area (Å²) >= 11 is 5.82. The Morgan fingerprint density at radius 3 is 2.31 bits per heavy atom. The number of alkyl halides is 3. The summed E-state index contributed by atoms with van der Waals surface area (Å²) in [6.07, 6.45) is -3.26. The highest BCUT2D eigenvalue weighted by molar-refractivity contribution is 6.30. The third-order valence-corrected chi connectivity index (χ3v) is 4.00. The van der Waals surface area contributed by atoms with Crippen molar-refractivity contribution in [1.29, 1.82) is 0 Å². The lowest BCUT2D eigenvalue weighted by Crippen LogP contribution is -2.38. The maximum Gasteiger partial charge on any atom is 0.416 e. The molecular formula is C18H12ClF3N2O2. The van der Waals surface area contributed by atoms with Crippen LogP contribution in [0.3, 0.4) is 0 Å². The molecule has 8 heteroatoms. The summed E-state index contributed by atoms with van der Waals surface area (Å²) in [6.45, 7) is 0.148. The van der Waals surface area contributed by atoms with Crippen LogP contribution in [-0.2, 0) is 12.7 Å². The zero-order valence-electron chi connectivity index (χ0n) is 13.2. The average molecular weight is 381 g/mol. The van der Waals surface area contributed by atoms with Gasteiger partial charge in [-0.05, 0) is 35.9 Å². The molecule has 2 aromatic carbocycles. The van der Waals surface area contributed by atoms with Crippen LogP contribution in [0, 0.1) is 0 Å². The van der Waals surface area contributed by atoms with E-state index in [2.05, 4.69) is 0 Å². The van der Waals surface area contributed by atoms with Gasteiger partial charge in [0.15, 0.2) is 0 Å². The summed E-state index contributed by atoms with van der Waals surface area (Å²) in [5.41, 5.74) is -1.76. The van der Waals surface area contributed by atoms with Gasteiger partial charge in [-0.2, -0.15) is 13.2 Å². The first-order valence-electron chi connectivity index (χ1n) is 7.50. The van der Waals surface area contributed by atoms with Gasteiger partial charge in [-0.3, -0.25) is 9.36 Å². The Hall–Kier alpha value is -2.80. The predicted octanol–water partition coefficient (Wildman–Crippen LogP) is 3.72. The molecule has 0 spiro atoms. The van der Waals surface area contributed by atoms with Crippen molar-refractivity contribution < 1.29 is 13.2 Å². The van der Waals surface area contributed by atoms with Crippen LogP contribution in [0.4, 0.5) is 13.2 Å². The Balaban J connectivity index is 2.07. The molecule has 0 fully saturated rings. The van der Waals surface area contributed by atoms with E-state index in [-0.39, 0.29) is 12.2 Å². The highest BCUT2D eigenvalue weighted by Crippen LogP contribution is 2.29. The van der Waals surface area contributed by atoms with Crippen molar-refractivity contribution in [2.75, 3.05) is 0 Å². The van der Waals surface area contributed by atoms with Crippen molar-refractivity contribution in [2.45, 2.75) is 12.7 Å². The van der Waals surface area contributed by atoms with Crippen LogP contribution >= 0.6 is 11.6 Å². The molecular weight excluding hydrogens is 369 g/mol. The summed E-state index contributed by atoms with van der Waals surface area (Å²) < 4.78 is 40.7. The maximum atomic E-state index is 12.9. The van der Waals surface area contributed by atoms with Gasteiger partial charge in [0, 0.05) is 17.3 Å². The van der Waals surface area contributed by atoms with Crippen LogP contribution in [0.5, 0.6) is 0 Å². The normalized spacial score (nSPS) is 11.5.